The molecule has 0 radical (unpaired) electrons. The van der Waals surface area contributed by atoms with Gasteiger partial charge in [-0.25, -0.2) is 8.78 Å². The third-order valence-electron chi connectivity index (χ3n) is 3.07. The average molecular weight is 369 g/mol. The van der Waals surface area contributed by atoms with Gasteiger partial charge in [-0.15, -0.1) is 0 Å². The molecule has 0 bridgehead atoms. The molecule has 0 spiro atoms. The third-order valence-corrected chi connectivity index (χ3v) is 4.66. The van der Waals surface area contributed by atoms with E-state index in [0.717, 1.165) is 17.4 Å². The van der Waals surface area contributed by atoms with Gasteiger partial charge in [0.05, 0.1) is 11.7 Å². The van der Waals surface area contributed by atoms with Crippen molar-refractivity contribution in [2.24, 2.45) is 4.99 Å². The summed E-state index contributed by atoms with van der Waals surface area (Å²) in [4.78, 5) is 4.55. The number of aliphatic imine (C=N–C) groups is 1. The van der Waals surface area contributed by atoms with Crippen molar-refractivity contribution in [3.8, 4) is 0 Å². The molecular formula is C15H11BrF2N2S. The molecule has 3 rings (SSSR count). The summed E-state index contributed by atoms with van der Waals surface area (Å²) in [7, 11) is 0. The fraction of sp³-hybridized carbons (Fsp3) is 0.133. The number of nitrogens with zero attached hydrogens (tertiary/aromatic N) is 1. The van der Waals surface area contributed by atoms with E-state index in [-0.39, 0.29) is 11.7 Å². The minimum atomic E-state index is -0.645. The summed E-state index contributed by atoms with van der Waals surface area (Å²) in [6.07, 6.45) is 0. The third kappa shape index (κ3) is 3.27. The molecule has 0 fully saturated rings. The summed E-state index contributed by atoms with van der Waals surface area (Å²) < 4.78 is 27.2. The predicted octanol–water partition coefficient (Wildman–Crippen LogP) is 4.98. The van der Waals surface area contributed by atoms with Crippen LogP contribution < -0.4 is 5.32 Å². The maximum absolute atomic E-state index is 13.8. The Kier molecular flexibility index (Phi) is 4.26. The smallest absolute Gasteiger partial charge is 0.161 e. The summed E-state index contributed by atoms with van der Waals surface area (Å²) >= 11 is 4.68. The minimum Gasteiger partial charge on any atom is -0.332 e. The van der Waals surface area contributed by atoms with Crippen molar-refractivity contribution < 1.29 is 8.78 Å². The lowest BCUT2D eigenvalue weighted by atomic mass is 10.1. The second-order valence-corrected chi connectivity index (χ2v) is 6.40. The van der Waals surface area contributed by atoms with Crippen LogP contribution in [-0.2, 0) is 0 Å². The van der Waals surface area contributed by atoms with E-state index < -0.39 is 11.6 Å². The Morgan fingerprint density at radius 3 is 2.67 bits per heavy atom. The van der Waals surface area contributed by atoms with Crippen molar-refractivity contribution in [1.82, 2.24) is 0 Å². The van der Waals surface area contributed by atoms with Gasteiger partial charge in [-0.05, 0) is 27.6 Å². The monoisotopic (exact) mass is 368 g/mol. The van der Waals surface area contributed by atoms with Gasteiger partial charge >= 0.3 is 0 Å². The fourth-order valence-corrected chi connectivity index (χ4v) is 3.52. The molecule has 0 aromatic heterocycles. The first-order valence-electron chi connectivity index (χ1n) is 6.30. The van der Waals surface area contributed by atoms with E-state index in [1.54, 1.807) is 0 Å². The average Bonchev–Trinajstić information content (AvgIpc) is 2.92. The Hall–Kier alpha value is -1.40. The highest BCUT2D eigenvalue weighted by atomic mass is 79.9. The molecule has 2 nitrogen and oxygen atoms in total. The van der Waals surface area contributed by atoms with Gasteiger partial charge in [0.15, 0.2) is 11.0 Å². The highest BCUT2D eigenvalue weighted by Crippen LogP contribution is 2.33. The summed E-state index contributed by atoms with van der Waals surface area (Å²) in [5.74, 6) is -0.464. The minimum absolute atomic E-state index is 0.0565. The molecular weight excluding hydrogens is 358 g/mol. The van der Waals surface area contributed by atoms with Crippen LogP contribution in [0.3, 0.4) is 0 Å². The molecule has 108 valence electrons. The largest absolute Gasteiger partial charge is 0.332 e. The number of benzene rings is 2. The van der Waals surface area contributed by atoms with E-state index in [1.807, 2.05) is 30.3 Å². The zero-order chi connectivity index (χ0) is 14.8. The maximum Gasteiger partial charge on any atom is 0.161 e. The van der Waals surface area contributed by atoms with E-state index in [2.05, 4.69) is 26.2 Å². The first-order valence-corrected chi connectivity index (χ1v) is 8.08. The molecule has 1 heterocycles. The van der Waals surface area contributed by atoms with E-state index in [9.17, 15) is 8.78 Å². The number of thioether (sulfide) groups is 1. The number of hydrogen-bond acceptors (Lipinski definition) is 3. The molecule has 1 unspecified atom stereocenters. The first-order chi connectivity index (χ1) is 10.1. The van der Waals surface area contributed by atoms with Crippen LogP contribution in [0.15, 0.2) is 51.9 Å². The molecule has 1 aliphatic heterocycles. The first kappa shape index (κ1) is 14.5. The fourth-order valence-electron chi connectivity index (χ4n) is 2.06. The molecule has 2 aromatic carbocycles. The molecule has 6 heteroatoms. The molecule has 0 amide bonds. The molecule has 0 saturated heterocycles. The van der Waals surface area contributed by atoms with Crippen molar-refractivity contribution in [2.75, 3.05) is 11.1 Å². The zero-order valence-electron chi connectivity index (χ0n) is 10.8. The number of hydrogen-bond donors (Lipinski definition) is 1. The lowest BCUT2D eigenvalue weighted by Crippen LogP contribution is -2.07. The molecule has 21 heavy (non-hydrogen) atoms. The summed E-state index contributed by atoms with van der Waals surface area (Å²) in [5, 5.41) is 3.56. The van der Waals surface area contributed by atoms with Gasteiger partial charge in [-0.2, -0.15) is 0 Å². The Bertz CT molecular complexity index is 668. The lowest BCUT2D eigenvalue weighted by molar-refractivity contribution is 0.585. The highest BCUT2D eigenvalue weighted by molar-refractivity contribution is 9.10. The Balaban J connectivity index is 1.81. The maximum atomic E-state index is 13.8. The number of rotatable bonds is 2. The summed E-state index contributed by atoms with van der Waals surface area (Å²) in [6, 6.07) is 12.1. The second-order valence-electron chi connectivity index (χ2n) is 4.54. The predicted molar refractivity (Wildman–Crippen MR) is 86.8 cm³/mol. The lowest BCUT2D eigenvalue weighted by Gasteiger charge is -2.08. The van der Waals surface area contributed by atoms with Crippen LogP contribution in [0.4, 0.5) is 14.5 Å². The van der Waals surface area contributed by atoms with Gasteiger partial charge in [-0.3, -0.25) is 4.99 Å². The van der Waals surface area contributed by atoms with Gasteiger partial charge in [0.25, 0.3) is 0 Å². The standard InChI is InChI=1S/C15H11BrF2N2S/c16-11-6-10(17)7-12(18)14(11)20-15-19-13(8-21-15)9-4-2-1-3-5-9/h1-7,13H,8H2,(H,19,20). The van der Waals surface area contributed by atoms with Crippen molar-refractivity contribution >= 4 is 38.5 Å². The highest BCUT2D eigenvalue weighted by Gasteiger charge is 2.21. The van der Waals surface area contributed by atoms with Crippen LogP contribution in [-0.4, -0.2) is 10.9 Å². The van der Waals surface area contributed by atoms with E-state index in [0.29, 0.717) is 9.64 Å². The van der Waals surface area contributed by atoms with Gasteiger partial charge < -0.3 is 5.32 Å². The Morgan fingerprint density at radius 1 is 1.19 bits per heavy atom. The number of amidine groups is 1. The Morgan fingerprint density at radius 2 is 1.95 bits per heavy atom. The molecule has 0 aliphatic carbocycles. The molecule has 1 atom stereocenters. The number of anilines is 1. The van der Waals surface area contributed by atoms with Crippen LogP contribution in [0.1, 0.15) is 11.6 Å². The van der Waals surface area contributed by atoms with E-state index in [4.69, 9.17) is 0 Å². The molecule has 2 aromatic rings. The van der Waals surface area contributed by atoms with E-state index >= 15 is 0 Å². The van der Waals surface area contributed by atoms with Gasteiger partial charge in [-0.1, -0.05) is 42.1 Å². The van der Waals surface area contributed by atoms with Gasteiger partial charge in [0.1, 0.15) is 5.82 Å². The topological polar surface area (TPSA) is 24.4 Å². The van der Waals surface area contributed by atoms with Crippen LogP contribution in [0.5, 0.6) is 0 Å². The Labute approximate surface area is 133 Å². The summed E-state index contributed by atoms with van der Waals surface area (Å²) in [5.41, 5.74) is 1.33. The van der Waals surface area contributed by atoms with Crippen molar-refractivity contribution in [2.45, 2.75) is 6.04 Å². The van der Waals surface area contributed by atoms with Crippen LogP contribution >= 0.6 is 27.7 Å². The molecule has 0 saturated carbocycles. The van der Waals surface area contributed by atoms with E-state index in [1.165, 1.54) is 17.8 Å². The van der Waals surface area contributed by atoms with Gasteiger partial charge in [0, 0.05) is 16.3 Å². The van der Waals surface area contributed by atoms with Crippen molar-refractivity contribution in [1.29, 1.82) is 0 Å². The second kappa shape index (κ2) is 6.15. The van der Waals surface area contributed by atoms with Crippen molar-refractivity contribution in [3.63, 3.8) is 0 Å². The van der Waals surface area contributed by atoms with Crippen LogP contribution in [0.25, 0.3) is 0 Å². The molecule has 1 N–H and O–H groups in total. The number of halogens is 3. The van der Waals surface area contributed by atoms with Crippen LogP contribution in [0, 0.1) is 11.6 Å². The quantitative estimate of drug-likeness (QED) is 0.807. The summed E-state index contributed by atoms with van der Waals surface area (Å²) in [6.45, 7) is 0. The van der Waals surface area contributed by atoms with Crippen LogP contribution in [0.2, 0.25) is 0 Å². The SMILES string of the molecule is Fc1cc(F)c(NC2=NC(c3ccccc3)CS2)c(Br)c1. The normalized spacial score (nSPS) is 17.7. The molecule has 1 aliphatic rings. The zero-order valence-corrected chi connectivity index (χ0v) is 13.2. The van der Waals surface area contributed by atoms with Crippen molar-refractivity contribution in [3.05, 3.63) is 64.1 Å². The van der Waals surface area contributed by atoms with Gasteiger partial charge in [0.2, 0.25) is 0 Å². The number of nitrogens with one attached hydrogen (secondary N) is 1.